The molecule has 2 aromatic rings. The number of hydrogen-bond donors (Lipinski definition) is 4. The van der Waals surface area contributed by atoms with E-state index in [0.29, 0.717) is 48.4 Å². The normalized spacial score (nSPS) is 26.2. The fourth-order valence-corrected chi connectivity index (χ4v) is 6.23. The van der Waals surface area contributed by atoms with Crippen LogP contribution >= 0.6 is 0 Å². The Labute approximate surface area is 282 Å². The average molecular weight is 805 g/mol. The Bertz CT molecular complexity index is 1210. The number of nitrogens with one attached hydrogen (secondary N) is 2. The molecule has 9 nitrogen and oxygen atoms in total. The number of likely N-dealkylation sites (tertiary alicyclic amines) is 2. The summed E-state index contributed by atoms with van der Waals surface area (Å²) in [6, 6.07) is 10.9. The van der Waals surface area contributed by atoms with Crippen LogP contribution < -0.4 is 58.6 Å². The van der Waals surface area contributed by atoms with Crippen molar-refractivity contribution in [3.8, 4) is 11.1 Å². The van der Waals surface area contributed by atoms with Crippen LogP contribution in [0.2, 0.25) is 0 Å². The first-order chi connectivity index (χ1) is 19.0. The molecule has 2 aromatic carbocycles. The minimum Gasteiger partial charge on any atom is -1.00 e. The number of halogens is 2. The quantitative estimate of drug-likeness (QED) is 0.141. The molecule has 2 amide bonds. The molecule has 2 aliphatic heterocycles. The minimum atomic E-state index is -0.230. The van der Waals surface area contributed by atoms with E-state index < -0.39 is 0 Å². The molecule has 2 fully saturated rings. The predicted octanol–water partition coefficient (Wildman–Crippen LogP) is -3.23. The van der Waals surface area contributed by atoms with Gasteiger partial charge in [-0.15, -0.1) is 0 Å². The van der Waals surface area contributed by atoms with Crippen molar-refractivity contribution in [2.45, 2.75) is 50.7 Å². The third-order valence-electron chi connectivity index (χ3n) is 9.15. The Morgan fingerprint density at radius 3 is 1.40 bits per heavy atom. The van der Waals surface area contributed by atoms with Gasteiger partial charge in [-0.25, -0.2) is 0 Å². The number of aliphatic hydroxyl groups excluding tert-OH is 2. The SMILES string of the molecule is C[N+]1(CCC(=O)Nc2ccc3c(c2)C(=O)c2cc(NC(=O)CC[N+]4(C)CCC(O)CC4)ccc2-3)CCC(O)CC1.[I-].[I-]. The molecule has 11 heteroatoms. The number of ketones is 1. The zero-order valence-electron chi connectivity index (χ0n) is 24.4. The van der Waals surface area contributed by atoms with E-state index in [4.69, 9.17) is 0 Å². The number of carbonyl (C=O) groups excluding carboxylic acids is 3. The van der Waals surface area contributed by atoms with Crippen LogP contribution in [0.4, 0.5) is 11.4 Å². The van der Waals surface area contributed by atoms with E-state index in [-0.39, 0.29) is 77.8 Å². The summed E-state index contributed by atoms with van der Waals surface area (Å²) in [4.78, 5) is 38.7. The lowest BCUT2D eigenvalue weighted by Crippen LogP contribution is -3.00. The molecular weight excluding hydrogens is 762 g/mol. The molecule has 5 rings (SSSR count). The van der Waals surface area contributed by atoms with Crippen LogP contribution in [0.1, 0.15) is 54.4 Å². The van der Waals surface area contributed by atoms with Crippen LogP contribution in [0.5, 0.6) is 0 Å². The van der Waals surface area contributed by atoms with Crippen molar-refractivity contribution in [1.82, 2.24) is 0 Å². The molecule has 42 heavy (non-hydrogen) atoms. The Hall–Kier alpha value is -1.65. The number of amides is 2. The Morgan fingerprint density at radius 1 is 0.690 bits per heavy atom. The summed E-state index contributed by atoms with van der Waals surface area (Å²) in [5, 5.41) is 25.4. The van der Waals surface area contributed by atoms with Gasteiger partial charge in [-0.05, 0) is 35.4 Å². The molecule has 2 saturated heterocycles. The van der Waals surface area contributed by atoms with Gasteiger partial charge in [0.15, 0.2) is 5.78 Å². The van der Waals surface area contributed by atoms with Gasteiger partial charge in [0.05, 0.1) is 78.4 Å². The van der Waals surface area contributed by atoms with E-state index in [9.17, 15) is 24.6 Å². The van der Waals surface area contributed by atoms with Gasteiger partial charge in [0.25, 0.3) is 0 Å². The largest absolute Gasteiger partial charge is 1.00 e. The predicted molar refractivity (Wildman–Crippen MR) is 154 cm³/mol. The molecule has 4 N–H and O–H groups in total. The molecule has 1 aliphatic carbocycles. The number of benzene rings is 2. The highest BCUT2D eigenvalue weighted by Gasteiger charge is 2.31. The topological polar surface area (TPSA) is 116 Å². The lowest BCUT2D eigenvalue weighted by Gasteiger charge is -2.39. The van der Waals surface area contributed by atoms with Crippen molar-refractivity contribution in [2.24, 2.45) is 0 Å². The maximum absolute atomic E-state index is 13.3. The second-order valence-corrected chi connectivity index (χ2v) is 12.5. The highest BCUT2D eigenvalue weighted by molar-refractivity contribution is 6.22. The summed E-state index contributed by atoms with van der Waals surface area (Å²) in [6.07, 6.45) is 3.35. The molecule has 0 atom stereocenters. The summed E-state index contributed by atoms with van der Waals surface area (Å²) in [5.74, 6) is -0.294. The van der Waals surface area contributed by atoms with Gasteiger partial charge in [0.1, 0.15) is 0 Å². The Kier molecular flexibility index (Phi) is 12.0. The molecule has 0 saturated carbocycles. The van der Waals surface area contributed by atoms with Crippen LogP contribution in [0.25, 0.3) is 11.1 Å². The number of anilines is 2. The number of aliphatic hydroxyl groups is 2. The zero-order chi connectivity index (χ0) is 28.5. The summed E-state index contributed by atoms with van der Waals surface area (Å²) in [5.41, 5.74) is 3.93. The van der Waals surface area contributed by atoms with Gasteiger partial charge in [0.2, 0.25) is 11.8 Å². The third kappa shape index (κ3) is 8.29. The third-order valence-corrected chi connectivity index (χ3v) is 9.15. The number of rotatable bonds is 8. The average Bonchev–Trinajstić information content (AvgIpc) is 3.21. The van der Waals surface area contributed by atoms with Crippen molar-refractivity contribution in [3.05, 3.63) is 47.5 Å². The van der Waals surface area contributed by atoms with E-state index in [1.807, 2.05) is 24.3 Å². The first kappa shape index (κ1) is 34.8. The lowest BCUT2D eigenvalue weighted by molar-refractivity contribution is -0.914. The number of nitrogens with zero attached hydrogens (tertiary/aromatic N) is 2. The maximum Gasteiger partial charge on any atom is 0.230 e. The smallest absolute Gasteiger partial charge is 0.230 e. The van der Waals surface area contributed by atoms with Gasteiger partial charge < -0.3 is 77.8 Å². The number of hydrogen-bond acceptors (Lipinski definition) is 5. The van der Waals surface area contributed by atoms with Crippen molar-refractivity contribution >= 4 is 29.0 Å². The van der Waals surface area contributed by atoms with E-state index >= 15 is 0 Å². The van der Waals surface area contributed by atoms with Crippen molar-refractivity contribution in [3.63, 3.8) is 0 Å². The van der Waals surface area contributed by atoms with Crippen LogP contribution in [0.15, 0.2) is 36.4 Å². The molecule has 3 aliphatic rings. The second-order valence-electron chi connectivity index (χ2n) is 12.5. The van der Waals surface area contributed by atoms with Crippen LogP contribution in [-0.4, -0.2) is 102 Å². The minimum absolute atomic E-state index is 0. The van der Waals surface area contributed by atoms with E-state index in [1.54, 1.807) is 12.1 Å². The summed E-state index contributed by atoms with van der Waals surface area (Å²) in [7, 11) is 4.26. The molecular formula is C31H42I2N4O5. The highest BCUT2D eigenvalue weighted by Crippen LogP contribution is 2.39. The Morgan fingerprint density at radius 2 is 1.05 bits per heavy atom. The highest BCUT2D eigenvalue weighted by atomic mass is 127. The fourth-order valence-electron chi connectivity index (χ4n) is 6.23. The molecule has 0 spiro atoms. The van der Waals surface area contributed by atoms with E-state index in [1.165, 1.54) is 0 Å². The van der Waals surface area contributed by atoms with E-state index in [0.717, 1.165) is 72.0 Å². The fraction of sp³-hybridized carbons (Fsp3) is 0.516. The molecule has 0 bridgehead atoms. The standard InChI is InChI=1S/C31H40N4O5.2HI/c1-34(13-7-23(36)8-14-34)17-11-29(38)32-21-3-5-25-26-6-4-22(20-28(26)31(40)27(25)19-21)33-30(39)12-18-35(2)15-9-24(37)10-16-35;;/h3-6,19-20,23-24,36-37H,7-18H2,1-2H3;2*1H. The number of quaternary nitrogens is 2. The monoisotopic (exact) mass is 804 g/mol. The Balaban J connectivity index is 0.00000242. The van der Waals surface area contributed by atoms with Crippen LogP contribution in [0.3, 0.4) is 0 Å². The molecule has 0 radical (unpaired) electrons. The van der Waals surface area contributed by atoms with Gasteiger partial charge >= 0.3 is 0 Å². The first-order valence-electron chi connectivity index (χ1n) is 14.5. The number of piperidine rings is 2. The first-order valence-corrected chi connectivity index (χ1v) is 14.5. The second kappa shape index (κ2) is 14.4. The van der Waals surface area contributed by atoms with Crippen LogP contribution in [0, 0.1) is 0 Å². The van der Waals surface area contributed by atoms with Crippen molar-refractivity contribution in [2.75, 3.05) is 64.0 Å². The molecule has 0 unspecified atom stereocenters. The molecule has 0 aromatic heterocycles. The maximum atomic E-state index is 13.3. The van der Waals surface area contributed by atoms with Crippen molar-refractivity contribution < 1.29 is 81.5 Å². The van der Waals surface area contributed by atoms with Gasteiger partial charge in [-0.1, -0.05) is 12.1 Å². The number of fused-ring (bicyclic) bond motifs is 3. The number of carbonyl (C=O) groups is 3. The van der Waals surface area contributed by atoms with E-state index in [2.05, 4.69) is 24.7 Å². The van der Waals surface area contributed by atoms with Gasteiger partial charge in [0, 0.05) is 48.2 Å². The molecule has 230 valence electrons. The molecule has 2 heterocycles. The lowest BCUT2D eigenvalue weighted by atomic mass is 10.0. The van der Waals surface area contributed by atoms with Gasteiger partial charge in [-0.3, -0.25) is 14.4 Å². The zero-order valence-corrected chi connectivity index (χ0v) is 28.7. The summed E-state index contributed by atoms with van der Waals surface area (Å²) >= 11 is 0. The van der Waals surface area contributed by atoms with Crippen LogP contribution in [-0.2, 0) is 9.59 Å². The van der Waals surface area contributed by atoms with Crippen molar-refractivity contribution in [1.29, 1.82) is 0 Å². The summed E-state index contributed by atoms with van der Waals surface area (Å²) < 4.78 is 1.56. The summed E-state index contributed by atoms with van der Waals surface area (Å²) in [6.45, 7) is 4.89. The van der Waals surface area contributed by atoms with Gasteiger partial charge in [-0.2, -0.15) is 0 Å².